The van der Waals surface area contributed by atoms with Gasteiger partial charge in [-0.3, -0.25) is 9.78 Å². The molecule has 2 aromatic carbocycles. The van der Waals surface area contributed by atoms with Crippen molar-refractivity contribution in [2.45, 2.75) is 31.1 Å². The summed E-state index contributed by atoms with van der Waals surface area (Å²) in [7, 11) is 0. The van der Waals surface area contributed by atoms with Crippen molar-refractivity contribution in [2.75, 3.05) is 5.75 Å². The van der Waals surface area contributed by atoms with Gasteiger partial charge < -0.3 is 9.84 Å². The fourth-order valence-corrected chi connectivity index (χ4v) is 5.77. The molecule has 0 spiro atoms. The number of ether oxygens (including phenoxy) is 1. The van der Waals surface area contributed by atoms with Crippen LogP contribution in [0.15, 0.2) is 60.8 Å². The molecule has 0 bridgehead atoms. The lowest BCUT2D eigenvalue weighted by Gasteiger charge is -2.20. The molecule has 2 heterocycles. The van der Waals surface area contributed by atoms with Gasteiger partial charge in [-0.05, 0) is 65.9 Å². The Balaban J connectivity index is 1.40. The van der Waals surface area contributed by atoms with Crippen LogP contribution in [0.2, 0.25) is 5.02 Å². The predicted molar refractivity (Wildman–Crippen MR) is 136 cm³/mol. The summed E-state index contributed by atoms with van der Waals surface area (Å²) in [5.74, 6) is -0.0635. The van der Waals surface area contributed by atoms with Crippen LogP contribution in [0.1, 0.15) is 39.7 Å². The maximum Gasteiger partial charge on any atom is 0.304 e. The number of carboxylic acid groups (broad SMARTS) is 1. The summed E-state index contributed by atoms with van der Waals surface area (Å²) in [6, 6.07) is 16.6. The van der Waals surface area contributed by atoms with Gasteiger partial charge in [0.25, 0.3) is 0 Å². The smallest absolute Gasteiger partial charge is 0.304 e. The fourth-order valence-electron chi connectivity index (χ4n) is 4.29. The van der Waals surface area contributed by atoms with Crippen molar-refractivity contribution in [3.05, 3.63) is 99.7 Å². The Hall–Kier alpha value is -3.16. The lowest BCUT2D eigenvalue weighted by molar-refractivity contribution is -0.136. The van der Waals surface area contributed by atoms with Gasteiger partial charge in [0.1, 0.15) is 18.2 Å². The van der Waals surface area contributed by atoms with Gasteiger partial charge in [0.15, 0.2) is 0 Å². The molecule has 1 N–H and O–H groups in total. The number of pyridine rings is 2. The third-order valence-corrected chi connectivity index (χ3v) is 7.59. The third kappa shape index (κ3) is 5.26. The molecule has 0 saturated carbocycles. The van der Waals surface area contributed by atoms with Crippen molar-refractivity contribution in [2.24, 2.45) is 0 Å². The highest BCUT2D eigenvalue weighted by Crippen LogP contribution is 2.42. The zero-order chi connectivity index (χ0) is 24.4. The first-order valence-electron chi connectivity index (χ1n) is 11.3. The zero-order valence-corrected chi connectivity index (χ0v) is 20.3. The van der Waals surface area contributed by atoms with E-state index in [0.29, 0.717) is 28.1 Å². The molecule has 1 aliphatic carbocycles. The predicted octanol–water partition coefficient (Wildman–Crippen LogP) is 6.40. The van der Waals surface area contributed by atoms with Gasteiger partial charge >= 0.3 is 5.97 Å². The topological polar surface area (TPSA) is 72.3 Å². The highest BCUT2D eigenvalue weighted by atomic mass is 35.5. The number of thioether (sulfide) groups is 1. The number of fused-ring (bicyclic) bond motifs is 3. The van der Waals surface area contributed by atoms with Crippen LogP contribution in [0.3, 0.4) is 0 Å². The Kier molecular flexibility index (Phi) is 6.88. The molecule has 0 amide bonds. The van der Waals surface area contributed by atoms with Gasteiger partial charge in [-0.1, -0.05) is 29.8 Å². The average Bonchev–Trinajstić information content (AvgIpc) is 3.00. The summed E-state index contributed by atoms with van der Waals surface area (Å²) in [4.78, 5) is 20.3. The molecule has 2 aromatic heterocycles. The van der Waals surface area contributed by atoms with E-state index in [1.54, 1.807) is 24.0 Å². The number of aliphatic carboxylic acids is 1. The minimum absolute atomic E-state index is 0.0186. The molecule has 5 rings (SSSR count). The highest BCUT2D eigenvalue weighted by Gasteiger charge is 2.25. The van der Waals surface area contributed by atoms with Crippen LogP contribution < -0.4 is 4.74 Å². The molecule has 4 aromatic rings. The van der Waals surface area contributed by atoms with Gasteiger partial charge in [-0.2, -0.15) is 0 Å². The lowest BCUT2D eigenvalue weighted by atomic mass is 10.0. The minimum atomic E-state index is -0.804. The minimum Gasteiger partial charge on any atom is -0.487 e. The Morgan fingerprint density at radius 1 is 1.14 bits per heavy atom. The van der Waals surface area contributed by atoms with Crippen LogP contribution in [0.5, 0.6) is 5.75 Å². The van der Waals surface area contributed by atoms with Crippen LogP contribution in [-0.4, -0.2) is 26.8 Å². The van der Waals surface area contributed by atoms with E-state index >= 15 is 0 Å². The zero-order valence-electron chi connectivity index (χ0n) is 18.7. The Bertz CT molecular complexity index is 1410. The standard InChI is InChI=1S/C27H22ClFN2O3S/c28-22-14-25-17(12-23(22)29)3-6-18(31-25)15-34-19-7-4-16-5-8-24-20(2-1-10-30-24)27(21(16)13-19)35-11-9-26(32)33/h1-4,6-7,10,12-14,27H,5,8-9,11,15H2,(H,32,33). The molecule has 35 heavy (non-hydrogen) atoms. The largest absolute Gasteiger partial charge is 0.487 e. The summed E-state index contributed by atoms with van der Waals surface area (Å²) in [6.45, 7) is 0.249. The van der Waals surface area contributed by atoms with E-state index in [0.717, 1.165) is 29.7 Å². The second-order valence-corrected chi connectivity index (χ2v) is 9.96. The SMILES string of the molecule is O=C(O)CCSC1c2cc(OCc3ccc4cc(F)c(Cl)cc4n3)ccc2CCc2ncccc21. The molecule has 1 atom stereocenters. The third-order valence-electron chi connectivity index (χ3n) is 6.01. The normalized spacial score (nSPS) is 14.7. The van der Waals surface area contributed by atoms with Crippen molar-refractivity contribution in [3.63, 3.8) is 0 Å². The molecule has 5 nitrogen and oxygen atoms in total. The molecule has 0 fully saturated rings. The summed E-state index contributed by atoms with van der Waals surface area (Å²) < 4.78 is 19.8. The number of aromatic nitrogens is 2. The number of hydrogen-bond acceptors (Lipinski definition) is 5. The molecule has 1 unspecified atom stereocenters. The molecular weight excluding hydrogens is 487 g/mol. The van der Waals surface area contributed by atoms with E-state index in [4.69, 9.17) is 21.4 Å². The first-order valence-corrected chi connectivity index (χ1v) is 12.7. The summed E-state index contributed by atoms with van der Waals surface area (Å²) in [5.41, 5.74) is 5.83. The first-order chi connectivity index (χ1) is 17.0. The van der Waals surface area contributed by atoms with Crippen LogP contribution in [0.25, 0.3) is 10.9 Å². The van der Waals surface area contributed by atoms with Crippen LogP contribution in [0, 0.1) is 5.82 Å². The number of benzene rings is 2. The van der Waals surface area contributed by atoms with Crippen LogP contribution in [-0.2, 0) is 24.2 Å². The van der Waals surface area contributed by atoms with Crippen molar-refractivity contribution in [1.29, 1.82) is 0 Å². The van der Waals surface area contributed by atoms with E-state index < -0.39 is 11.8 Å². The molecule has 178 valence electrons. The molecule has 0 aliphatic heterocycles. The molecular formula is C27H22ClFN2O3S. The number of rotatable bonds is 7. The van der Waals surface area contributed by atoms with Crippen molar-refractivity contribution in [3.8, 4) is 5.75 Å². The van der Waals surface area contributed by atoms with E-state index in [1.165, 1.54) is 17.7 Å². The monoisotopic (exact) mass is 508 g/mol. The van der Waals surface area contributed by atoms with Gasteiger partial charge in [-0.15, -0.1) is 11.8 Å². The van der Waals surface area contributed by atoms with Gasteiger partial charge in [0.05, 0.1) is 27.9 Å². The molecule has 0 saturated heterocycles. The number of hydrogen-bond donors (Lipinski definition) is 1. The Morgan fingerprint density at radius 3 is 2.89 bits per heavy atom. The van der Waals surface area contributed by atoms with Gasteiger partial charge in [-0.25, -0.2) is 9.37 Å². The van der Waals surface area contributed by atoms with Crippen molar-refractivity contribution < 1.29 is 19.0 Å². The lowest BCUT2D eigenvalue weighted by Crippen LogP contribution is -2.05. The fraction of sp³-hybridized carbons (Fsp3) is 0.222. The number of halogens is 2. The van der Waals surface area contributed by atoms with Gasteiger partial charge in [0.2, 0.25) is 0 Å². The van der Waals surface area contributed by atoms with Crippen molar-refractivity contribution >= 4 is 40.2 Å². The number of carboxylic acids is 1. The van der Waals surface area contributed by atoms with E-state index in [-0.39, 0.29) is 23.3 Å². The Labute approximate surface area is 211 Å². The maximum absolute atomic E-state index is 13.7. The second-order valence-electron chi connectivity index (χ2n) is 8.34. The summed E-state index contributed by atoms with van der Waals surface area (Å²) >= 11 is 7.53. The molecule has 1 aliphatic rings. The van der Waals surface area contributed by atoms with Gasteiger partial charge in [0, 0.05) is 23.0 Å². The van der Waals surface area contributed by atoms with E-state index in [2.05, 4.69) is 22.1 Å². The van der Waals surface area contributed by atoms with Crippen molar-refractivity contribution in [1.82, 2.24) is 9.97 Å². The highest BCUT2D eigenvalue weighted by molar-refractivity contribution is 7.99. The van der Waals surface area contributed by atoms with Crippen LogP contribution in [0.4, 0.5) is 4.39 Å². The van der Waals surface area contributed by atoms with E-state index in [9.17, 15) is 9.18 Å². The maximum atomic E-state index is 13.7. The second kappa shape index (κ2) is 10.2. The van der Waals surface area contributed by atoms with Crippen LogP contribution >= 0.6 is 23.4 Å². The summed E-state index contributed by atoms with van der Waals surface area (Å²) in [5, 5.41) is 9.82. The molecule has 0 radical (unpaired) electrons. The number of nitrogens with zero attached hydrogens (tertiary/aromatic N) is 2. The molecule has 8 heteroatoms. The number of carbonyl (C=O) groups is 1. The Morgan fingerprint density at radius 2 is 2.03 bits per heavy atom. The summed E-state index contributed by atoms with van der Waals surface area (Å²) in [6.07, 6.45) is 3.60. The van der Waals surface area contributed by atoms with E-state index in [1.807, 2.05) is 24.3 Å². The number of aryl methyl sites for hydroxylation is 2. The first kappa shape index (κ1) is 23.6. The average molecular weight is 509 g/mol. The quantitative estimate of drug-likeness (QED) is 0.311.